The summed E-state index contributed by atoms with van der Waals surface area (Å²) >= 11 is 6.25. The molecule has 0 unspecified atom stereocenters. The molecule has 20 heavy (non-hydrogen) atoms. The lowest BCUT2D eigenvalue weighted by Crippen LogP contribution is -2.00. The van der Waals surface area contributed by atoms with Gasteiger partial charge in [-0.2, -0.15) is 0 Å². The number of hydrogen-bond acceptors (Lipinski definition) is 4. The van der Waals surface area contributed by atoms with E-state index in [-0.39, 0.29) is 0 Å². The van der Waals surface area contributed by atoms with E-state index < -0.39 is 0 Å². The molecule has 0 aliphatic carbocycles. The maximum absolute atomic E-state index is 6.25. The fourth-order valence-corrected chi connectivity index (χ4v) is 2.31. The highest BCUT2D eigenvalue weighted by Crippen LogP contribution is 2.34. The molecule has 0 radical (unpaired) electrons. The number of nitrogens with two attached hydrogens (primary N) is 1. The topological polar surface area (TPSA) is 61.0 Å². The summed E-state index contributed by atoms with van der Waals surface area (Å²) < 4.78 is 5.88. The molecule has 0 aliphatic heterocycles. The van der Waals surface area contributed by atoms with Gasteiger partial charge in [-0.25, -0.2) is 9.97 Å². The van der Waals surface area contributed by atoms with Crippen molar-refractivity contribution in [1.29, 1.82) is 0 Å². The van der Waals surface area contributed by atoms with Gasteiger partial charge >= 0.3 is 0 Å². The molecule has 2 aromatic rings. The minimum Gasteiger partial charge on any atom is -0.438 e. The summed E-state index contributed by atoms with van der Waals surface area (Å²) in [5, 5.41) is 0.753. The number of rotatable bonds is 3. The SMILES string of the molecule is Cc1cc(Cl)c(C(C)C)cc1Oc1ncnc(N)c1C. The summed E-state index contributed by atoms with van der Waals surface area (Å²) in [7, 11) is 0. The van der Waals surface area contributed by atoms with Gasteiger partial charge in [0, 0.05) is 5.02 Å². The van der Waals surface area contributed by atoms with Crippen LogP contribution in [-0.4, -0.2) is 9.97 Å². The van der Waals surface area contributed by atoms with Crippen LogP contribution in [0.3, 0.4) is 0 Å². The average molecular weight is 292 g/mol. The van der Waals surface area contributed by atoms with Gasteiger partial charge in [0.25, 0.3) is 0 Å². The van der Waals surface area contributed by atoms with Crippen LogP contribution in [0.2, 0.25) is 5.02 Å². The number of benzene rings is 1. The minimum atomic E-state index is 0.321. The van der Waals surface area contributed by atoms with Crippen LogP contribution in [0.1, 0.15) is 36.5 Å². The van der Waals surface area contributed by atoms with E-state index in [1.165, 1.54) is 6.33 Å². The van der Waals surface area contributed by atoms with Gasteiger partial charge in [0.05, 0.1) is 5.56 Å². The van der Waals surface area contributed by atoms with E-state index >= 15 is 0 Å². The number of nitrogen functional groups attached to an aromatic ring is 1. The zero-order valence-electron chi connectivity index (χ0n) is 12.1. The summed E-state index contributed by atoms with van der Waals surface area (Å²) in [6, 6.07) is 3.87. The van der Waals surface area contributed by atoms with Crippen LogP contribution in [0, 0.1) is 13.8 Å². The molecule has 0 bridgehead atoms. The molecule has 1 aromatic carbocycles. The van der Waals surface area contributed by atoms with Crippen LogP contribution in [0.25, 0.3) is 0 Å². The summed E-state index contributed by atoms with van der Waals surface area (Å²) in [5.41, 5.74) is 8.49. The van der Waals surface area contributed by atoms with Crippen molar-refractivity contribution >= 4 is 17.4 Å². The molecular formula is C15H18ClN3O. The van der Waals surface area contributed by atoms with Gasteiger partial charge in [0.15, 0.2) is 0 Å². The van der Waals surface area contributed by atoms with E-state index in [0.717, 1.165) is 27.5 Å². The van der Waals surface area contributed by atoms with Crippen LogP contribution >= 0.6 is 11.6 Å². The van der Waals surface area contributed by atoms with E-state index in [4.69, 9.17) is 22.1 Å². The third-order valence-electron chi connectivity index (χ3n) is 3.20. The first-order chi connectivity index (χ1) is 9.40. The Morgan fingerprint density at radius 1 is 1.20 bits per heavy atom. The van der Waals surface area contributed by atoms with E-state index in [1.54, 1.807) is 0 Å². The Balaban J connectivity index is 2.43. The summed E-state index contributed by atoms with van der Waals surface area (Å²) in [6.45, 7) is 7.97. The molecule has 2 N–H and O–H groups in total. The summed E-state index contributed by atoms with van der Waals surface area (Å²) in [5.74, 6) is 1.95. The first-order valence-corrected chi connectivity index (χ1v) is 6.83. The first-order valence-electron chi connectivity index (χ1n) is 6.45. The van der Waals surface area contributed by atoms with Crippen LogP contribution < -0.4 is 10.5 Å². The predicted octanol–water partition coefficient (Wildman–Crippen LogP) is 4.24. The average Bonchev–Trinajstić information content (AvgIpc) is 2.37. The van der Waals surface area contributed by atoms with Crippen molar-refractivity contribution in [1.82, 2.24) is 9.97 Å². The maximum Gasteiger partial charge on any atom is 0.227 e. The lowest BCUT2D eigenvalue weighted by atomic mass is 10.0. The second kappa shape index (κ2) is 5.67. The Labute approximate surface area is 124 Å². The molecular weight excluding hydrogens is 274 g/mol. The highest BCUT2D eigenvalue weighted by Gasteiger charge is 2.13. The van der Waals surface area contributed by atoms with Crippen LogP contribution in [-0.2, 0) is 0 Å². The summed E-state index contributed by atoms with van der Waals surface area (Å²) in [6.07, 6.45) is 1.40. The fourth-order valence-electron chi connectivity index (χ4n) is 1.87. The largest absolute Gasteiger partial charge is 0.438 e. The van der Waals surface area contributed by atoms with Crippen molar-refractivity contribution in [2.24, 2.45) is 0 Å². The number of anilines is 1. The number of nitrogens with zero attached hydrogens (tertiary/aromatic N) is 2. The lowest BCUT2D eigenvalue weighted by Gasteiger charge is -2.15. The Kier molecular flexibility index (Phi) is 4.14. The van der Waals surface area contributed by atoms with Crippen molar-refractivity contribution in [2.45, 2.75) is 33.6 Å². The quantitative estimate of drug-likeness (QED) is 0.918. The second-order valence-corrected chi connectivity index (χ2v) is 5.49. The molecule has 0 atom stereocenters. The van der Waals surface area contributed by atoms with E-state index in [0.29, 0.717) is 17.6 Å². The Hall–Kier alpha value is -1.81. The van der Waals surface area contributed by atoms with Gasteiger partial charge in [-0.15, -0.1) is 0 Å². The van der Waals surface area contributed by atoms with Crippen LogP contribution in [0.15, 0.2) is 18.5 Å². The highest BCUT2D eigenvalue weighted by molar-refractivity contribution is 6.31. The van der Waals surface area contributed by atoms with Gasteiger partial charge in [-0.1, -0.05) is 25.4 Å². The maximum atomic E-state index is 6.25. The first kappa shape index (κ1) is 14.6. The Morgan fingerprint density at radius 3 is 2.55 bits per heavy atom. The fraction of sp³-hybridized carbons (Fsp3) is 0.333. The molecule has 0 spiro atoms. The monoisotopic (exact) mass is 291 g/mol. The van der Waals surface area contributed by atoms with Crippen molar-refractivity contribution in [3.05, 3.63) is 40.2 Å². The van der Waals surface area contributed by atoms with Crippen molar-refractivity contribution < 1.29 is 4.74 Å². The van der Waals surface area contributed by atoms with Gasteiger partial charge in [0.1, 0.15) is 17.9 Å². The number of hydrogen-bond donors (Lipinski definition) is 1. The Bertz CT molecular complexity index is 641. The molecule has 0 aliphatic rings. The zero-order chi connectivity index (χ0) is 14.9. The van der Waals surface area contributed by atoms with Crippen LogP contribution in [0.5, 0.6) is 11.6 Å². The molecule has 0 amide bonds. The van der Waals surface area contributed by atoms with Crippen molar-refractivity contribution in [3.63, 3.8) is 0 Å². The lowest BCUT2D eigenvalue weighted by molar-refractivity contribution is 0.453. The number of aryl methyl sites for hydroxylation is 1. The number of halogens is 1. The van der Waals surface area contributed by atoms with Crippen LogP contribution in [0.4, 0.5) is 5.82 Å². The minimum absolute atomic E-state index is 0.321. The third kappa shape index (κ3) is 2.85. The number of aromatic nitrogens is 2. The number of ether oxygens (including phenoxy) is 1. The molecule has 0 fully saturated rings. The molecule has 106 valence electrons. The molecule has 1 aromatic heterocycles. The Morgan fingerprint density at radius 2 is 1.90 bits per heavy atom. The standard InChI is InChI=1S/C15H18ClN3O/c1-8(2)11-6-13(9(3)5-12(11)16)20-15-10(4)14(17)18-7-19-15/h5-8H,1-4H3,(H2,17,18,19). The van der Waals surface area contributed by atoms with Gasteiger partial charge < -0.3 is 10.5 Å². The molecule has 0 saturated carbocycles. The van der Waals surface area contributed by atoms with Crippen molar-refractivity contribution in [3.8, 4) is 11.6 Å². The van der Waals surface area contributed by atoms with Gasteiger partial charge in [0.2, 0.25) is 5.88 Å². The smallest absolute Gasteiger partial charge is 0.227 e. The predicted molar refractivity (Wildman–Crippen MR) is 81.5 cm³/mol. The summed E-state index contributed by atoms with van der Waals surface area (Å²) in [4.78, 5) is 8.06. The van der Waals surface area contributed by atoms with Gasteiger partial charge in [-0.05, 0) is 43.0 Å². The zero-order valence-corrected chi connectivity index (χ0v) is 12.8. The van der Waals surface area contributed by atoms with E-state index in [9.17, 15) is 0 Å². The van der Waals surface area contributed by atoms with E-state index in [1.807, 2.05) is 26.0 Å². The second-order valence-electron chi connectivity index (χ2n) is 5.09. The van der Waals surface area contributed by atoms with Crippen molar-refractivity contribution in [2.75, 3.05) is 5.73 Å². The molecule has 4 nitrogen and oxygen atoms in total. The van der Waals surface area contributed by atoms with Gasteiger partial charge in [-0.3, -0.25) is 0 Å². The highest BCUT2D eigenvalue weighted by atomic mass is 35.5. The normalized spacial score (nSPS) is 10.9. The molecule has 2 rings (SSSR count). The third-order valence-corrected chi connectivity index (χ3v) is 3.53. The molecule has 5 heteroatoms. The van der Waals surface area contributed by atoms with E-state index in [2.05, 4.69) is 23.8 Å². The molecule has 0 saturated heterocycles. The molecule has 1 heterocycles.